The molecule has 0 aliphatic carbocycles. The minimum Gasteiger partial charge on any atom is -0.508 e. The third kappa shape index (κ3) is 2.52. The number of hydrogen-bond acceptors (Lipinski definition) is 4. The number of aromatic nitrogens is 1. The van der Waals surface area contributed by atoms with Gasteiger partial charge in [0.15, 0.2) is 0 Å². The molecule has 0 saturated carbocycles. The molecule has 7 heteroatoms. The number of thiazole rings is 1. The SMILES string of the molecule is Oc1ccc(-c2nc3ccc(C(F)(F)F)cc3s2)c(O)c1. The molecule has 108 valence electrons. The Morgan fingerprint density at radius 2 is 1.76 bits per heavy atom. The molecule has 1 heterocycles. The summed E-state index contributed by atoms with van der Waals surface area (Å²) < 4.78 is 38.4. The second kappa shape index (κ2) is 4.63. The van der Waals surface area contributed by atoms with E-state index in [-0.39, 0.29) is 11.5 Å². The Morgan fingerprint density at radius 3 is 2.43 bits per heavy atom. The number of fused-ring (bicyclic) bond motifs is 1. The van der Waals surface area contributed by atoms with E-state index in [2.05, 4.69) is 4.98 Å². The first kappa shape index (κ1) is 13.7. The van der Waals surface area contributed by atoms with Crippen molar-refractivity contribution in [1.82, 2.24) is 4.98 Å². The van der Waals surface area contributed by atoms with Crippen molar-refractivity contribution in [1.29, 1.82) is 0 Å². The fourth-order valence-electron chi connectivity index (χ4n) is 1.92. The summed E-state index contributed by atoms with van der Waals surface area (Å²) in [4.78, 5) is 4.21. The topological polar surface area (TPSA) is 53.4 Å². The van der Waals surface area contributed by atoms with Gasteiger partial charge in [0.05, 0.1) is 21.3 Å². The van der Waals surface area contributed by atoms with Gasteiger partial charge in [0, 0.05) is 6.07 Å². The zero-order valence-electron chi connectivity index (χ0n) is 10.3. The second-order valence-corrected chi connectivity index (χ2v) is 5.43. The third-order valence-electron chi connectivity index (χ3n) is 2.93. The van der Waals surface area contributed by atoms with Crippen LogP contribution >= 0.6 is 11.3 Å². The van der Waals surface area contributed by atoms with Crippen molar-refractivity contribution in [2.75, 3.05) is 0 Å². The van der Waals surface area contributed by atoms with Crippen molar-refractivity contribution in [3.8, 4) is 22.1 Å². The number of phenolic OH excluding ortho intramolecular Hbond substituents is 2. The van der Waals surface area contributed by atoms with Gasteiger partial charge in [-0.2, -0.15) is 13.2 Å². The Hall–Kier alpha value is -2.28. The highest BCUT2D eigenvalue weighted by Crippen LogP contribution is 2.38. The number of aromatic hydroxyl groups is 2. The summed E-state index contributed by atoms with van der Waals surface area (Å²) in [6.07, 6.45) is -4.40. The maximum absolute atomic E-state index is 12.7. The van der Waals surface area contributed by atoms with Gasteiger partial charge in [-0.25, -0.2) is 4.98 Å². The van der Waals surface area contributed by atoms with E-state index in [1.165, 1.54) is 18.2 Å². The summed E-state index contributed by atoms with van der Waals surface area (Å²) in [6, 6.07) is 7.31. The second-order valence-electron chi connectivity index (χ2n) is 4.40. The van der Waals surface area contributed by atoms with Crippen LogP contribution in [-0.2, 0) is 6.18 Å². The van der Waals surface area contributed by atoms with Gasteiger partial charge in [0.2, 0.25) is 0 Å². The summed E-state index contributed by atoms with van der Waals surface area (Å²) in [5.74, 6) is -0.276. The van der Waals surface area contributed by atoms with Crippen molar-refractivity contribution in [3.63, 3.8) is 0 Å². The molecule has 0 radical (unpaired) electrons. The number of rotatable bonds is 1. The van der Waals surface area contributed by atoms with E-state index in [1.807, 2.05) is 0 Å². The molecular weight excluding hydrogens is 303 g/mol. The molecule has 0 aliphatic rings. The number of benzene rings is 2. The Morgan fingerprint density at radius 1 is 1.00 bits per heavy atom. The van der Waals surface area contributed by atoms with Gasteiger partial charge in [-0.05, 0) is 30.3 Å². The molecule has 3 aromatic rings. The monoisotopic (exact) mass is 311 g/mol. The molecule has 1 aromatic heterocycles. The lowest BCUT2D eigenvalue weighted by Gasteiger charge is -2.04. The van der Waals surface area contributed by atoms with Crippen LogP contribution in [0.4, 0.5) is 13.2 Å². The van der Waals surface area contributed by atoms with Crippen molar-refractivity contribution < 1.29 is 23.4 Å². The van der Waals surface area contributed by atoms with E-state index in [0.29, 0.717) is 20.8 Å². The molecule has 0 spiro atoms. The zero-order valence-corrected chi connectivity index (χ0v) is 11.2. The molecule has 3 nitrogen and oxygen atoms in total. The number of nitrogens with zero attached hydrogens (tertiary/aromatic N) is 1. The lowest BCUT2D eigenvalue weighted by atomic mass is 10.2. The Kier molecular flexibility index (Phi) is 3.02. The number of halogens is 3. The third-order valence-corrected chi connectivity index (χ3v) is 3.98. The first-order valence-corrected chi connectivity index (χ1v) is 6.66. The van der Waals surface area contributed by atoms with Gasteiger partial charge in [0.25, 0.3) is 0 Å². The predicted octanol–water partition coefficient (Wildman–Crippen LogP) is 4.39. The number of hydrogen-bond donors (Lipinski definition) is 2. The highest BCUT2D eigenvalue weighted by atomic mass is 32.1. The molecule has 0 atom stereocenters. The van der Waals surface area contributed by atoms with Crippen molar-refractivity contribution in [3.05, 3.63) is 42.0 Å². The number of alkyl halides is 3. The van der Waals surface area contributed by atoms with Crippen LogP contribution in [-0.4, -0.2) is 15.2 Å². The minimum atomic E-state index is -4.40. The van der Waals surface area contributed by atoms with E-state index < -0.39 is 11.7 Å². The Balaban J connectivity index is 2.13. The van der Waals surface area contributed by atoms with E-state index in [9.17, 15) is 23.4 Å². The quantitative estimate of drug-likeness (QED) is 0.700. The van der Waals surface area contributed by atoms with E-state index in [0.717, 1.165) is 29.5 Å². The van der Waals surface area contributed by atoms with Crippen LogP contribution in [0, 0.1) is 0 Å². The van der Waals surface area contributed by atoms with Crippen LogP contribution in [0.2, 0.25) is 0 Å². The van der Waals surface area contributed by atoms with E-state index >= 15 is 0 Å². The highest BCUT2D eigenvalue weighted by molar-refractivity contribution is 7.21. The summed E-state index contributed by atoms with van der Waals surface area (Å²) in [6.45, 7) is 0. The molecule has 21 heavy (non-hydrogen) atoms. The summed E-state index contributed by atoms with van der Waals surface area (Å²) in [7, 11) is 0. The lowest BCUT2D eigenvalue weighted by molar-refractivity contribution is -0.137. The first-order chi connectivity index (χ1) is 9.84. The highest BCUT2D eigenvalue weighted by Gasteiger charge is 2.30. The van der Waals surface area contributed by atoms with Crippen molar-refractivity contribution >= 4 is 21.6 Å². The van der Waals surface area contributed by atoms with E-state index in [1.54, 1.807) is 0 Å². The molecule has 2 aromatic carbocycles. The van der Waals surface area contributed by atoms with Crippen LogP contribution in [0.1, 0.15) is 5.56 Å². The van der Waals surface area contributed by atoms with Crippen LogP contribution in [0.3, 0.4) is 0 Å². The van der Waals surface area contributed by atoms with Gasteiger partial charge < -0.3 is 10.2 Å². The summed E-state index contributed by atoms with van der Waals surface area (Å²) >= 11 is 1.05. The smallest absolute Gasteiger partial charge is 0.416 e. The summed E-state index contributed by atoms with van der Waals surface area (Å²) in [5, 5.41) is 19.4. The van der Waals surface area contributed by atoms with Crippen molar-refractivity contribution in [2.45, 2.75) is 6.18 Å². The van der Waals surface area contributed by atoms with Crippen LogP contribution in [0.15, 0.2) is 36.4 Å². The summed E-state index contributed by atoms with van der Waals surface area (Å²) in [5.41, 5.74) is 0.0539. The fourth-order valence-corrected chi connectivity index (χ4v) is 2.96. The molecular formula is C14H8F3NO2S. The average Bonchev–Trinajstić information content (AvgIpc) is 2.79. The largest absolute Gasteiger partial charge is 0.508 e. The minimum absolute atomic E-state index is 0.100. The predicted molar refractivity (Wildman–Crippen MR) is 73.4 cm³/mol. The first-order valence-electron chi connectivity index (χ1n) is 5.85. The van der Waals surface area contributed by atoms with E-state index in [4.69, 9.17) is 0 Å². The van der Waals surface area contributed by atoms with Gasteiger partial charge >= 0.3 is 6.18 Å². The molecule has 0 unspecified atom stereocenters. The molecule has 0 bridgehead atoms. The zero-order chi connectivity index (χ0) is 15.2. The van der Waals surface area contributed by atoms with Gasteiger partial charge in [-0.15, -0.1) is 11.3 Å². The standard InChI is InChI=1S/C14H8F3NO2S/c15-14(16,17)7-1-4-10-12(5-7)21-13(18-10)9-3-2-8(19)6-11(9)20/h1-6,19-20H. The maximum Gasteiger partial charge on any atom is 0.416 e. The van der Waals surface area contributed by atoms with Crippen molar-refractivity contribution in [2.24, 2.45) is 0 Å². The Labute approximate surface area is 120 Å². The number of phenols is 2. The van der Waals surface area contributed by atoms with Crippen LogP contribution in [0.25, 0.3) is 20.8 Å². The lowest BCUT2D eigenvalue weighted by Crippen LogP contribution is -2.03. The van der Waals surface area contributed by atoms with Crippen LogP contribution < -0.4 is 0 Å². The molecule has 3 rings (SSSR count). The maximum atomic E-state index is 12.7. The normalized spacial score (nSPS) is 12.0. The van der Waals surface area contributed by atoms with Gasteiger partial charge in [0.1, 0.15) is 16.5 Å². The molecule has 0 amide bonds. The molecule has 0 aliphatic heterocycles. The molecule has 0 saturated heterocycles. The van der Waals surface area contributed by atoms with Gasteiger partial charge in [-0.1, -0.05) is 0 Å². The average molecular weight is 311 g/mol. The van der Waals surface area contributed by atoms with Crippen LogP contribution in [0.5, 0.6) is 11.5 Å². The Bertz CT molecular complexity index is 827. The molecule has 0 fully saturated rings. The fraction of sp³-hybridized carbons (Fsp3) is 0.0714. The van der Waals surface area contributed by atoms with Gasteiger partial charge in [-0.3, -0.25) is 0 Å². The molecule has 2 N–H and O–H groups in total.